The zero-order chi connectivity index (χ0) is 15.3. The highest BCUT2D eigenvalue weighted by atomic mass is 28.3. The summed E-state index contributed by atoms with van der Waals surface area (Å²) in [5.41, 5.74) is -0.505. The van der Waals surface area contributed by atoms with Crippen molar-refractivity contribution in [2.24, 2.45) is 0 Å². The second-order valence-electron chi connectivity index (χ2n) is 5.81. The molecule has 2 aromatic carbocycles. The molecule has 1 aliphatic heterocycles. The van der Waals surface area contributed by atoms with Crippen LogP contribution in [-0.4, -0.2) is 39.6 Å². The molecule has 3 nitrogen and oxygen atoms in total. The van der Waals surface area contributed by atoms with Gasteiger partial charge in [0.25, 0.3) is 0 Å². The highest BCUT2D eigenvalue weighted by Crippen LogP contribution is 2.25. The molecule has 1 heterocycles. The average Bonchev–Trinajstić information content (AvgIpc) is 3.06. The Labute approximate surface area is 133 Å². The zero-order valence-electron chi connectivity index (χ0n) is 12.7. The summed E-state index contributed by atoms with van der Waals surface area (Å²) in [7, 11) is -1.76. The Balaban J connectivity index is 1.80. The van der Waals surface area contributed by atoms with Crippen LogP contribution in [-0.2, 0) is 9.16 Å². The largest absolute Gasteiger partial charge is 0.408 e. The molecule has 0 radical (unpaired) electrons. The van der Waals surface area contributed by atoms with Crippen molar-refractivity contribution in [3.05, 3.63) is 60.7 Å². The summed E-state index contributed by atoms with van der Waals surface area (Å²) >= 11 is 0. The van der Waals surface area contributed by atoms with E-state index >= 15 is 0 Å². The van der Waals surface area contributed by atoms with E-state index in [2.05, 4.69) is 48.5 Å². The molecule has 1 aliphatic rings. The van der Waals surface area contributed by atoms with Crippen molar-refractivity contribution in [2.75, 3.05) is 19.8 Å². The fourth-order valence-electron chi connectivity index (χ4n) is 2.92. The maximum absolute atomic E-state index is 9.68. The van der Waals surface area contributed by atoms with Crippen LogP contribution in [0, 0.1) is 0 Å². The SMILES string of the molecule is OCC1(CO[SiH](c2ccccc2)c2ccccc2)CCCO1. The van der Waals surface area contributed by atoms with E-state index in [4.69, 9.17) is 9.16 Å². The van der Waals surface area contributed by atoms with Gasteiger partial charge in [0.2, 0.25) is 9.04 Å². The number of aliphatic hydroxyl groups excluding tert-OH is 1. The number of hydrogen-bond acceptors (Lipinski definition) is 3. The fraction of sp³-hybridized carbons (Fsp3) is 0.333. The van der Waals surface area contributed by atoms with Gasteiger partial charge in [0.15, 0.2) is 0 Å². The van der Waals surface area contributed by atoms with E-state index in [-0.39, 0.29) is 6.61 Å². The molecule has 1 saturated heterocycles. The number of benzene rings is 2. The summed E-state index contributed by atoms with van der Waals surface area (Å²) in [5.74, 6) is 0. The molecule has 0 bridgehead atoms. The molecular weight excluding hydrogens is 292 g/mol. The number of rotatable bonds is 6. The Morgan fingerprint density at radius 1 is 1.00 bits per heavy atom. The third-order valence-corrected chi connectivity index (χ3v) is 6.67. The van der Waals surface area contributed by atoms with Crippen molar-refractivity contribution in [2.45, 2.75) is 18.4 Å². The third kappa shape index (κ3) is 3.47. The summed E-state index contributed by atoms with van der Waals surface area (Å²) in [6.07, 6.45) is 1.86. The van der Waals surface area contributed by atoms with Gasteiger partial charge in [0.05, 0.1) is 13.2 Å². The summed E-state index contributed by atoms with van der Waals surface area (Å²) in [5, 5.41) is 12.2. The first-order valence-electron chi connectivity index (χ1n) is 7.79. The number of aliphatic hydroxyl groups is 1. The van der Waals surface area contributed by atoms with E-state index in [1.807, 2.05) is 12.1 Å². The van der Waals surface area contributed by atoms with Gasteiger partial charge in [-0.15, -0.1) is 0 Å². The van der Waals surface area contributed by atoms with Gasteiger partial charge in [0.1, 0.15) is 5.60 Å². The molecule has 116 valence electrons. The van der Waals surface area contributed by atoms with Crippen LogP contribution >= 0.6 is 0 Å². The molecule has 0 aliphatic carbocycles. The molecule has 0 amide bonds. The molecule has 22 heavy (non-hydrogen) atoms. The third-order valence-electron chi connectivity index (χ3n) is 4.19. The predicted octanol–water partition coefficient (Wildman–Crippen LogP) is 1.08. The standard InChI is InChI=1S/C18H22O3Si/c19-14-18(12-7-13-20-18)15-21-22(16-8-3-1-4-9-16)17-10-5-2-6-11-17/h1-6,8-11,19,22H,7,12-15H2. The Morgan fingerprint density at radius 3 is 2.05 bits per heavy atom. The van der Waals surface area contributed by atoms with Gasteiger partial charge in [-0.25, -0.2) is 0 Å². The molecule has 4 heteroatoms. The van der Waals surface area contributed by atoms with Gasteiger partial charge in [0, 0.05) is 6.61 Å². The Hall–Kier alpha value is -1.46. The Morgan fingerprint density at radius 2 is 1.59 bits per heavy atom. The van der Waals surface area contributed by atoms with Crippen LogP contribution in [0.25, 0.3) is 0 Å². The van der Waals surface area contributed by atoms with E-state index < -0.39 is 14.6 Å². The minimum Gasteiger partial charge on any atom is -0.408 e. The summed E-state index contributed by atoms with van der Waals surface area (Å²) in [6.45, 7) is 1.20. The van der Waals surface area contributed by atoms with E-state index in [0.29, 0.717) is 13.2 Å². The van der Waals surface area contributed by atoms with Crippen LogP contribution in [0.1, 0.15) is 12.8 Å². The summed E-state index contributed by atoms with van der Waals surface area (Å²) in [4.78, 5) is 0. The van der Waals surface area contributed by atoms with Gasteiger partial charge in [-0.05, 0) is 23.2 Å². The lowest BCUT2D eigenvalue weighted by molar-refractivity contribution is -0.0656. The summed E-state index contributed by atoms with van der Waals surface area (Å²) in [6, 6.07) is 20.8. The molecule has 1 unspecified atom stereocenters. The maximum Gasteiger partial charge on any atom is 0.240 e. The maximum atomic E-state index is 9.68. The van der Waals surface area contributed by atoms with Crippen molar-refractivity contribution in [1.82, 2.24) is 0 Å². The highest BCUT2D eigenvalue weighted by Gasteiger charge is 2.36. The van der Waals surface area contributed by atoms with Gasteiger partial charge in [-0.1, -0.05) is 60.7 Å². The zero-order valence-corrected chi connectivity index (χ0v) is 13.8. The lowest BCUT2D eigenvalue weighted by Crippen LogP contribution is -2.49. The molecule has 0 saturated carbocycles. The Bertz CT molecular complexity index is 528. The van der Waals surface area contributed by atoms with Crippen LogP contribution in [0.15, 0.2) is 60.7 Å². The second-order valence-corrected chi connectivity index (χ2v) is 8.23. The van der Waals surface area contributed by atoms with E-state index in [1.165, 1.54) is 10.4 Å². The first-order chi connectivity index (χ1) is 10.8. The first-order valence-corrected chi connectivity index (χ1v) is 9.42. The molecule has 3 rings (SSSR count). The van der Waals surface area contributed by atoms with Gasteiger partial charge >= 0.3 is 0 Å². The quantitative estimate of drug-likeness (QED) is 0.811. The minimum atomic E-state index is -1.76. The predicted molar refractivity (Wildman–Crippen MR) is 90.3 cm³/mol. The molecule has 1 N–H and O–H groups in total. The lowest BCUT2D eigenvalue weighted by Gasteiger charge is -2.28. The number of ether oxygens (including phenoxy) is 1. The molecule has 0 spiro atoms. The molecular formula is C18H22O3Si. The van der Waals surface area contributed by atoms with Gasteiger partial charge in [-0.3, -0.25) is 0 Å². The summed E-state index contributed by atoms with van der Waals surface area (Å²) < 4.78 is 12.1. The molecule has 1 fully saturated rings. The molecule has 1 atom stereocenters. The van der Waals surface area contributed by atoms with E-state index in [9.17, 15) is 5.11 Å². The smallest absolute Gasteiger partial charge is 0.240 e. The van der Waals surface area contributed by atoms with Crippen molar-refractivity contribution < 1.29 is 14.3 Å². The lowest BCUT2D eigenvalue weighted by atomic mass is 10.0. The van der Waals surface area contributed by atoms with Crippen molar-refractivity contribution in [3.63, 3.8) is 0 Å². The van der Waals surface area contributed by atoms with Gasteiger partial charge < -0.3 is 14.3 Å². The van der Waals surface area contributed by atoms with Crippen LogP contribution in [0.2, 0.25) is 0 Å². The monoisotopic (exact) mass is 314 g/mol. The van der Waals surface area contributed by atoms with E-state index in [0.717, 1.165) is 12.8 Å². The Kier molecular flexibility index (Phi) is 5.05. The van der Waals surface area contributed by atoms with Crippen molar-refractivity contribution in [1.29, 1.82) is 0 Å². The van der Waals surface area contributed by atoms with Crippen LogP contribution < -0.4 is 10.4 Å². The van der Waals surface area contributed by atoms with Crippen molar-refractivity contribution >= 4 is 19.4 Å². The van der Waals surface area contributed by atoms with Gasteiger partial charge in [-0.2, -0.15) is 0 Å². The second kappa shape index (κ2) is 7.20. The van der Waals surface area contributed by atoms with Crippen LogP contribution in [0.3, 0.4) is 0 Å². The van der Waals surface area contributed by atoms with Crippen molar-refractivity contribution in [3.8, 4) is 0 Å². The minimum absolute atomic E-state index is 0.0255. The van der Waals surface area contributed by atoms with Crippen LogP contribution in [0.5, 0.6) is 0 Å². The molecule has 0 aromatic heterocycles. The van der Waals surface area contributed by atoms with E-state index in [1.54, 1.807) is 0 Å². The topological polar surface area (TPSA) is 38.7 Å². The average molecular weight is 314 g/mol. The fourth-order valence-corrected chi connectivity index (χ4v) is 5.30. The highest BCUT2D eigenvalue weighted by molar-refractivity contribution is 6.80. The van der Waals surface area contributed by atoms with Crippen LogP contribution in [0.4, 0.5) is 0 Å². The first kappa shape index (κ1) is 15.4. The molecule has 2 aromatic rings. The normalized spacial score (nSPS) is 21.4. The number of hydrogen-bond donors (Lipinski definition) is 1.